The predicted molar refractivity (Wildman–Crippen MR) is 71.9 cm³/mol. The van der Waals surface area contributed by atoms with Crippen LogP contribution in [-0.2, 0) is 9.59 Å². The van der Waals surface area contributed by atoms with Gasteiger partial charge in [0.15, 0.2) is 0 Å². The number of aromatic carboxylic acids is 1. The van der Waals surface area contributed by atoms with Crippen LogP contribution in [0.1, 0.15) is 15.9 Å². The number of amides is 4. The van der Waals surface area contributed by atoms with Crippen molar-refractivity contribution >= 4 is 29.5 Å². The van der Waals surface area contributed by atoms with Crippen molar-refractivity contribution < 1.29 is 24.3 Å². The maximum absolute atomic E-state index is 12.0. The minimum absolute atomic E-state index is 0.0309. The van der Waals surface area contributed by atoms with Crippen molar-refractivity contribution in [1.82, 2.24) is 10.2 Å². The van der Waals surface area contributed by atoms with E-state index >= 15 is 0 Å². The Balaban J connectivity index is 2.15. The van der Waals surface area contributed by atoms with E-state index in [1.54, 1.807) is 13.0 Å². The average Bonchev–Trinajstić information content (AvgIpc) is 2.39. The van der Waals surface area contributed by atoms with Gasteiger partial charge in [0.1, 0.15) is 13.1 Å². The molecule has 1 aliphatic rings. The minimum atomic E-state index is -1.11. The normalized spacial score (nSPS) is 14.6. The van der Waals surface area contributed by atoms with Gasteiger partial charge < -0.3 is 15.3 Å². The molecule has 21 heavy (non-hydrogen) atoms. The lowest BCUT2D eigenvalue weighted by atomic mass is 10.1. The van der Waals surface area contributed by atoms with E-state index in [0.717, 1.165) is 4.90 Å². The quantitative estimate of drug-likeness (QED) is 0.672. The van der Waals surface area contributed by atoms with Gasteiger partial charge >= 0.3 is 12.0 Å². The molecule has 0 unspecified atom stereocenters. The van der Waals surface area contributed by atoms with E-state index in [9.17, 15) is 19.2 Å². The van der Waals surface area contributed by atoms with Crippen LogP contribution in [0.2, 0.25) is 0 Å². The minimum Gasteiger partial charge on any atom is -0.478 e. The van der Waals surface area contributed by atoms with Crippen LogP contribution in [0.15, 0.2) is 18.2 Å². The summed E-state index contributed by atoms with van der Waals surface area (Å²) in [5.74, 6) is -2.23. The Morgan fingerprint density at radius 3 is 2.43 bits per heavy atom. The first kappa shape index (κ1) is 14.5. The van der Waals surface area contributed by atoms with E-state index in [0.29, 0.717) is 11.3 Å². The summed E-state index contributed by atoms with van der Waals surface area (Å²) >= 11 is 0. The van der Waals surface area contributed by atoms with E-state index in [1.807, 2.05) is 0 Å². The number of carboxylic acid groups (broad SMARTS) is 1. The Bertz CT molecular complexity index is 625. The zero-order valence-corrected chi connectivity index (χ0v) is 11.2. The second kappa shape index (κ2) is 5.61. The largest absolute Gasteiger partial charge is 0.478 e. The lowest BCUT2D eigenvalue weighted by Gasteiger charge is -2.25. The first-order valence-corrected chi connectivity index (χ1v) is 6.09. The van der Waals surface area contributed by atoms with E-state index in [4.69, 9.17) is 5.11 Å². The highest BCUT2D eigenvalue weighted by Crippen LogP contribution is 2.17. The number of anilines is 1. The third-order valence-corrected chi connectivity index (χ3v) is 2.96. The molecule has 0 atom stereocenters. The molecule has 0 aliphatic carbocycles. The van der Waals surface area contributed by atoms with Gasteiger partial charge in [0.2, 0.25) is 11.8 Å². The third-order valence-electron chi connectivity index (χ3n) is 2.96. The van der Waals surface area contributed by atoms with Crippen molar-refractivity contribution in [2.24, 2.45) is 0 Å². The van der Waals surface area contributed by atoms with E-state index in [2.05, 4.69) is 10.6 Å². The molecule has 0 radical (unpaired) electrons. The lowest BCUT2D eigenvalue weighted by molar-refractivity contribution is -0.134. The number of carboxylic acids is 1. The molecule has 0 saturated carbocycles. The van der Waals surface area contributed by atoms with Crippen molar-refractivity contribution in [3.05, 3.63) is 29.3 Å². The number of nitrogens with one attached hydrogen (secondary N) is 2. The van der Waals surface area contributed by atoms with Crippen LogP contribution >= 0.6 is 0 Å². The third kappa shape index (κ3) is 3.35. The molecular formula is C13H13N3O5. The molecule has 3 N–H and O–H groups in total. The standard InChI is InChI=1S/C13H13N3O5/c1-7-2-3-8(12(19)20)4-9(7)14-13(21)16-5-10(17)15-11(18)6-16/h2-4H,5-6H2,1H3,(H,14,21)(H,19,20)(H,15,17,18). The summed E-state index contributed by atoms with van der Waals surface area (Å²) in [5, 5.41) is 13.5. The number of carbonyl (C=O) groups is 4. The first-order valence-electron chi connectivity index (χ1n) is 6.09. The van der Waals surface area contributed by atoms with Gasteiger partial charge in [0, 0.05) is 5.69 Å². The average molecular weight is 291 g/mol. The van der Waals surface area contributed by atoms with Gasteiger partial charge in [0.25, 0.3) is 0 Å². The Kier molecular flexibility index (Phi) is 3.88. The molecular weight excluding hydrogens is 278 g/mol. The lowest BCUT2D eigenvalue weighted by Crippen LogP contribution is -2.54. The maximum Gasteiger partial charge on any atom is 0.335 e. The molecule has 1 aliphatic heterocycles. The fourth-order valence-corrected chi connectivity index (χ4v) is 1.86. The Hall–Kier alpha value is -2.90. The summed E-state index contributed by atoms with van der Waals surface area (Å²) in [4.78, 5) is 46.4. The van der Waals surface area contributed by atoms with Crippen molar-refractivity contribution in [3.63, 3.8) is 0 Å². The van der Waals surface area contributed by atoms with Crippen LogP contribution in [0.25, 0.3) is 0 Å². The molecule has 110 valence electrons. The van der Waals surface area contributed by atoms with Crippen LogP contribution in [0.5, 0.6) is 0 Å². The fraction of sp³-hybridized carbons (Fsp3) is 0.231. The Morgan fingerprint density at radius 1 is 1.24 bits per heavy atom. The zero-order valence-electron chi connectivity index (χ0n) is 11.2. The number of nitrogens with zero attached hydrogens (tertiary/aromatic N) is 1. The molecule has 0 spiro atoms. The number of piperazine rings is 1. The van der Waals surface area contributed by atoms with Crippen molar-refractivity contribution in [1.29, 1.82) is 0 Å². The molecule has 8 heteroatoms. The van der Waals surface area contributed by atoms with Crippen LogP contribution in [0.3, 0.4) is 0 Å². The monoisotopic (exact) mass is 291 g/mol. The number of urea groups is 1. The van der Waals surface area contributed by atoms with E-state index < -0.39 is 23.8 Å². The second-order valence-electron chi connectivity index (χ2n) is 4.59. The summed E-state index contributed by atoms with van der Waals surface area (Å²) in [6.07, 6.45) is 0. The number of hydrogen-bond donors (Lipinski definition) is 3. The SMILES string of the molecule is Cc1ccc(C(=O)O)cc1NC(=O)N1CC(=O)NC(=O)C1. The maximum atomic E-state index is 12.0. The van der Waals surface area contributed by atoms with Gasteiger partial charge in [-0.1, -0.05) is 6.07 Å². The number of aryl methyl sites for hydroxylation is 1. The van der Waals surface area contributed by atoms with E-state index in [1.165, 1.54) is 12.1 Å². The van der Waals surface area contributed by atoms with Gasteiger partial charge in [-0.3, -0.25) is 14.9 Å². The molecule has 1 aromatic carbocycles. The van der Waals surface area contributed by atoms with Crippen LogP contribution in [0, 0.1) is 6.92 Å². The summed E-state index contributed by atoms with van der Waals surface area (Å²) in [5.41, 5.74) is 1.02. The molecule has 0 aromatic heterocycles. The Labute approximate surface area is 119 Å². The molecule has 0 bridgehead atoms. The molecule has 4 amide bonds. The topological polar surface area (TPSA) is 116 Å². The first-order chi connectivity index (χ1) is 9.86. The van der Waals surface area contributed by atoms with Crippen molar-refractivity contribution in [2.45, 2.75) is 6.92 Å². The summed E-state index contributed by atoms with van der Waals surface area (Å²) < 4.78 is 0. The molecule has 1 fully saturated rings. The Morgan fingerprint density at radius 2 is 1.86 bits per heavy atom. The molecule has 1 saturated heterocycles. The summed E-state index contributed by atoms with van der Waals surface area (Å²) in [7, 11) is 0. The fourth-order valence-electron chi connectivity index (χ4n) is 1.86. The number of benzene rings is 1. The highest BCUT2D eigenvalue weighted by molar-refractivity contribution is 6.04. The second-order valence-corrected chi connectivity index (χ2v) is 4.59. The van der Waals surface area contributed by atoms with Gasteiger partial charge in [-0.15, -0.1) is 0 Å². The molecule has 8 nitrogen and oxygen atoms in total. The molecule has 2 rings (SSSR count). The summed E-state index contributed by atoms with van der Waals surface area (Å²) in [6.45, 7) is 1.25. The number of rotatable bonds is 2. The van der Waals surface area contributed by atoms with Gasteiger partial charge in [-0.2, -0.15) is 0 Å². The van der Waals surface area contributed by atoms with Crippen LogP contribution in [0.4, 0.5) is 10.5 Å². The number of imide groups is 1. The highest BCUT2D eigenvalue weighted by Gasteiger charge is 2.26. The smallest absolute Gasteiger partial charge is 0.335 e. The molecule has 1 aromatic rings. The molecule has 1 heterocycles. The zero-order chi connectivity index (χ0) is 15.6. The van der Waals surface area contributed by atoms with Crippen molar-refractivity contribution in [2.75, 3.05) is 18.4 Å². The predicted octanol–water partition coefficient (Wildman–Crippen LogP) is 0.184. The van der Waals surface area contributed by atoms with Crippen LogP contribution < -0.4 is 10.6 Å². The number of hydrogen-bond acceptors (Lipinski definition) is 4. The van der Waals surface area contributed by atoms with E-state index in [-0.39, 0.29) is 18.7 Å². The van der Waals surface area contributed by atoms with Gasteiger partial charge in [0.05, 0.1) is 5.56 Å². The van der Waals surface area contributed by atoms with Crippen LogP contribution in [-0.4, -0.2) is 46.9 Å². The summed E-state index contributed by atoms with van der Waals surface area (Å²) in [6, 6.07) is 3.67. The highest BCUT2D eigenvalue weighted by atomic mass is 16.4. The van der Waals surface area contributed by atoms with Crippen molar-refractivity contribution in [3.8, 4) is 0 Å². The van der Waals surface area contributed by atoms with Gasteiger partial charge in [-0.05, 0) is 24.6 Å². The number of carbonyl (C=O) groups excluding carboxylic acids is 3. The van der Waals surface area contributed by atoms with Gasteiger partial charge in [-0.25, -0.2) is 9.59 Å².